The van der Waals surface area contributed by atoms with Crippen molar-refractivity contribution in [3.63, 3.8) is 0 Å². The van der Waals surface area contributed by atoms with E-state index < -0.39 is 9.84 Å². The molecule has 2 rings (SSSR count). The molecule has 1 saturated heterocycles. The minimum absolute atomic E-state index is 0.144. The first kappa shape index (κ1) is 19.2. The number of ether oxygens (including phenoxy) is 1. The van der Waals surface area contributed by atoms with Crippen molar-refractivity contribution in [3.8, 4) is 0 Å². The van der Waals surface area contributed by atoms with Crippen LogP contribution in [0.3, 0.4) is 0 Å². The summed E-state index contributed by atoms with van der Waals surface area (Å²) in [7, 11) is -2.89. The zero-order chi connectivity index (χ0) is 17.9. The summed E-state index contributed by atoms with van der Waals surface area (Å²) in [6, 6.07) is 3.75. The third-order valence-corrected chi connectivity index (χ3v) is 6.69. The summed E-state index contributed by atoms with van der Waals surface area (Å²) in [5.41, 5.74) is 3.45. The van der Waals surface area contributed by atoms with Gasteiger partial charge in [-0.25, -0.2) is 13.2 Å². The standard InChI is InChI=1S/C18H23BrO4S/c1-4-14(8-13-6-7-24(21,22)11-13)16-9-15(19)10-17(12(16)3)18(20)23-5-2/h4,9-10,13H,5-8,11H2,1-3H3/b14-4-. The summed E-state index contributed by atoms with van der Waals surface area (Å²) in [5, 5.41) is 0. The number of hydrogen-bond acceptors (Lipinski definition) is 4. The highest BCUT2D eigenvalue weighted by Crippen LogP contribution is 2.34. The summed E-state index contributed by atoms with van der Waals surface area (Å²) in [6.45, 7) is 5.96. The fourth-order valence-corrected chi connectivity index (χ4v) is 5.48. The van der Waals surface area contributed by atoms with Crippen LogP contribution in [-0.4, -0.2) is 32.5 Å². The van der Waals surface area contributed by atoms with Crippen LogP contribution in [0.1, 0.15) is 48.2 Å². The Kier molecular flexibility index (Phi) is 6.26. The number of sulfone groups is 1. The van der Waals surface area contributed by atoms with E-state index in [2.05, 4.69) is 15.9 Å². The van der Waals surface area contributed by atoms with E-state index in [-0.39, 0.29) is 23.4 Å². The molecule has 0 aromatic heterocycles. The Balaban J connectivity index is 2.33. The normalized spacial score (nSPS) is 20.2. The lowest BCUT2D eigenvalue weighted by Crippen LogP contribution is -2.10. The fourth-order valence-electron chi connectivity index (χ4n) is 3.16. The van der Waals surface area contributed by atoms with Crippen LogP contribution in [-0.2, 0) is 14.6 Å². The largest absolute Gasteiger partial charge is 0.462 e. The lowest BCUT2D eigenvalue weighted by Gasteiger charge is -2.17. The SMILES string of the molecule is C/C=C(/CC1CCS(=O)(=O)C1)c1cc(Br)cc(C(=O)OCC)c1C. The van der Waals surface area contributed by atoms with Crippen LogP contribution in [0.15, 0.2) is 22.7 Å². The van der Waals surface area contributed by atoms with Gasteiger partial charge in [0, 0.05) is 4.47 Å². The van der Waals surface area contributed by atoms with Gasteiger partial charge < -0.3 is 4.74 Å². The molecule has 1 unspecified atom stereocenters. The number of esters is 1. The van der Waals surface area contributed by atoms with Crippen LogP contribution in [0.2, 0.25) is 0 Å². The van der Waals surface area contributed by atoms with Crippen molar-refractivity contribution in [1.29, 1.82) is 0 Å². The topological polar surface area (TPSA) is 60.4 Å². The predicted molar refractivity (Wildman–Crippen MR) is 99.9 cm³/mol. The van der Waals surface area contributed by atoms with E-state index in [9.17, 15) is 13.2 Å². The summed E-state index contributed by atoms with van der Waals surface area (Å²) in [5.74, 6) is 0.338. The van der Waals surface area contributed by atoms with E-state index in [4.69, 9.17) is 4.74 Å². The molecule has 0 radical (unpaired) electrons. The molecule has 0 N–H and O–H groups in total. The van der Waals surface area contributed by atoms with Crippen LogP contribution in [0.4, 0.5) is 0 Å². The Hall–Kier alpha value is -1.14. The number of hydrogen-bond donors (Lipinski definition) is 0. The maximum absolute atomic E-state index is 12.2. The summed E-state index contributed by atoms with van der Waals surface area (Å²) in [4.78, 5) is 12.2. The Morgan fingerprint density at radius 1 is 1.38 bits per heavy atom. The summed E-state index contributed by atoms with van der Waals surface area (Å²) < 4.78 is 29.3. The number of carbonyl (C=O) groups excluding carboxylic acids is 1. The van der Waals surface area contributed by atoms with Crippen molar-refractivity contribution >= 4 is 37.3 Å². The molecule has 1 aliphatic rings. The summed E-state index contributed by atoms with van der Waals surface area (Å²) in [6.07, 6.45) is 3.42. The first-order valence-corrected chi connectivity index (χ1v) is 10.7. The average Bonchev–Trinajstić information content (AvgIpc) is 2.86. The maximum atomic E-state index is 12.2. The van der Waals surface area contributed by atoms with Crippen LogP contribution >= 0.6 is 15.9 Å². The van der Waals surface area contributed by atoms with E-state index in [0.29, 0.717) is 25.0 Å². The van der Waals surface area contributed by atoms with Gasteiger partial charge in [0.1, 0.15) is 0 Å². The van der Waals surface area contributed by atoms with Gasteiger partial charge in [-0.15, -0.1) is 0 Å². The third kappa shape index (κ3) is 4.48. The molecular formula is C18H23BrO4S. The molecular weight excluding hydrogens is 392 g/mol. The molecule has 6 heteroatoms. The molecule has 1 aromatic rings. The highest BCUT2D eigenvalue weighted by atomic mass is 79.9. The third-order valence-electron chi connectivity index (χ3n) is 4.40. The maximum Gasteiger partial charge on any atom is 0.338 e. The molecule has 132 valence electrons. The predicted octanol–water partition coefficient (Wildman–Crippen LogP) is 4.16. The molecule has 1 fully saturated rings. The molecule has 4 nitrogen and oxygen atoms in total. The van der Waals surface area contributed by atoms with Crippen LogP contribution < -0.4 is 0 Å². The number of carbonyl (C=O) groups is 1. The van der Waals surface area contributed by atoms with Gasteiger partial charge >= 0.3 is 5.97 Å². The molecule has 24 heavy (non-hydrogen) atoms. The zero-order valence-electron chi connectivity index (χ0n) is 14.3. The highest BCUT2D eigenvalue weighted by molar-refractivity contribution is 9.10. The van der Waals surface area contributed by atoms with Gasteiger partial charge in [-0.3, -0.25) is 0 Å². The molecule has 1 atom stereocenters. The molecule has 1 aliphatic heterocycles. The minimum atomic E-state index is -2.89. The van der Waals surface area contributed by atoms with E-state index in [0.717, 1.165) is 21.2 Å². The van der Waals surface area contributed by atoms with E-state index in [1.54, 1.807) is 13.0 Å². The molecule has 0 saturated carbocycles. The lowest BCUT2D eigenvalue weighted by molar-refractivity contribution is 0.0525. The second kappa shape index (κ2) is 7.83. The molecule has 0 aliphatic carbocycles. The van der Waals surface area contributed by atoms with Gasteiger partial charge in [-0.1, -0.05) is 22.0 Å². The van der Waals surface area contributed by atoms with Crippen molar-refractivity contribution in [1.82, 2.24) is 0 Å². The van der Waals surface area contributed by atoms with Gasteiger partial charge in [-0.05, 0) is 68.4 Å². The fraction of sp³-hybridized carbons (Fsp3) is 0.500. The van der Waals surface area contributed by atoms with E-state index in [1.807, 2.05) is 26.0 Å². The van der Waals surface area contributed by atoms with E-state index >= 15 is 0 Å². The monoisotopic (exact) mass is 414 g/mol. The number of allylic oxidation sites excluding steroid dienone is 2. The first-order chi connectivity index (χ1) is 11.3. The Morgan fingerprint density at radius 2 is 2.04 bits per heavy atom. The number of benzene rings is 1. The van der Waals surface area contributed by atoms with Gasteiger partial charge in [-0.2, -0.15) is 0 Å². The number of halogens is 1. The minimum Gasteiger partial charge on any atom is -0.462 e. The van der Waals surface area contributed by atoms with Crippen LogP contribution in [0.5, 0.6) is 0 Å². The molecule has 1 heterocycles. The van der Waals surface area contributed by atoms with Crippen molar-refractivity contribution < 1.29 is 17.9 Å². The highest BCUT2D eigenvalue weighted by Gasteiger charge is 2.29. The molecule has 1 aromatic carbocycles. The molecule has 0 spiro atoms. The van der Waals surface area contributed by atoms with Gasteiger partial charge in [0.05, 0.1) is 23.7 Å². The lowest BCUT2D eigenvalue weighted by atomic mass is 9.89. The quantitative estimate of drug-likeness (QED) is 0.678. The molecule has 0 amide bonds. The van der Waals surface area contributed by atoms with Crippen molar-refractivity contribution in [2.45, 2.75) is 33.6 Å². The van der Waals surface area contributed by atoms with Gasteiger partial charge in [0.15, 0.2) is 9.84 Å². The smallest absolute Gasteiger partial charge is 0.338 e. The molecule has 0 bridgehead atoms. The Bertz CT molecular complexity index is 765. The second-order valence-corrected chi connectivity index (χ2v) is 9.28. The van der Waals surface area contributed by atoms with Gasteiger partial charge in [0.2, 0.25) is 0 Å². The Labute approximate surface area is 152 Å². The van der Waals surface area contributed by atoms with Crippen molar-refractivity contribution in [3.05, 3.63) is 39.4 Å². The van der Waals surface area contributed by atoms with Gasteiger partial charge in [0.25, 0.3) is 0 Å². The Morgan fingerprint density at radius 3 is 2.58 bits per heavy atom. The van der Waals surface area contributed by atoms with E-state index in [1.165, 1.54) is 0 Å². The average molecular weight is 415 g/mol. The van der Waals surface area contributed by atoms with Crippen LogP contribution in [0.25, 0.3) is 5.57 Å². The second-order valence-electron chi connectivity index (χ2n) is 6.13. The first-order valence-electron chi connectivity index (χ1n) is 8.10. The zero-order valence-corrected chi connectivity index (χ0v) is 16.7. The van der Waals surface area contributed by atoms with Crippen molar-refractivity contribution in [2.24, 2.45) is 5.92 Å². The van der Waals surface area contributed by atoms with Crippen LogP contribution in [0, 0.1) is 12.8 Å². The number of rotatable bonds is 5. The van der Waals surface area contributed by atoms with Crippen molar-refractivity contribution in [2.75, 3.05) is 18.1 Å². The summed E-state index contributed by atoms with van der Waals surface area (Å²) >= 11 is 3.46.